The Kier molecular flexibility index (Phi) is 3.76. The van der Waals surface area contributed by atoms with E-state index in [1.807, 2.05) is 6.92 Å². The Hall–Kier alpha value is -0.340. The van der Waals surface area contributed by atoms with Crippen LogP contribution in [-0.2, 0) is 4.74 Å². The van der Waals surface area contributed by atoms with Crippen LogP contribution in [0.2, 0.25) is 0 Å². The summed E-state index contributed by atoms with van der Waals surface area (Å²) >= 11 is 0. The first-order valence-electron chi connectivity index (χ1n) is 4.69. The van der Waals surface area contributed by atoms with Crippen LogP contribution in [0.3, 0.4) is 0 Å². The summed E-state index contributed by atoms with van der Waals surface area (Å²) in [5.41, 5.74) is 1.06. The molecule has 0 saturated heterocycles. The second kappa shape index (κ2) is 4.63. The highest BCUT2D eigenvalue weighted by Crippen LogP contribution is 2.30. The van der Waals surface area contributed by atoms with Crippen molar-refractivity contribution in [2.24, 2.45) is 5.92 Å². The Balaban J connectivity index is 2.30. The molecule has 1 fully saturated rings. The van der Waals surface area contributed by atoms with E-state index in [-0.39, 0.29) is 12.0 Å². The minimum atomic E-state index is -0.169. The van der Waals surface area contributed by atoms with Crippen LogP contribution in [0.5, 0.6) is 0 Å². The van der Waals surface area contributed by atoms with E-state index in [9.17, 15) is 5.11 Å². The van der Waals surface area contributed by atoms with Crippen molar-refractivity contribution in [2.45, 2.75) is 32.3 Å². The largest absolute Gasteiger partial charge is 0.393 e. The van der Waals surface area contributed by atoms with E-state index in [4.69, 9.17) is 4.74 Å². The molecule has 0 spiro atoms. The Labute approximate surface area is 74.2 Å². The van der Waals surface area contributed by atoms with Gasteiger partial charge in [-0.05, 0) is 25.3 Å². The van der Waals surface area contributed by atoms with Gasteiger partial charge in [0, 0.05) is 12.5 Å². The van der Waals surface area contributed by atoms with E-state index >= 15 is 0 Å². The molecule has 0 aliphatic heterocycles. The van der Waals surface area contributed by atoms with Gasteiger partial charge in [-0.1, -0.05) is 13.0 Å². The first-order chi connectivity index (χ1) is 5.75. The molecule has 0 aromatic heterocycles. The molecular formula is C10H18O2. The zero-order chi connectivity index (χ0) is 8.97. The van der Waals surface area contributed by atoms with Gasteiger partial charge in [-0.2, -0.15) is 0 Å². The summed E-state index contributed by atoms with van der Waals surface area (Å²) in [4.78, 5) is 0. The zero-order valence-electron chi connectivity index (χ0n) is 7.75. The van der Waals surface area contributed by atoms with Crippen LogP contribution >= 0.6 is 0 Å². The van der Waals surface area contributed by atoms with Crippen molar-refractivity contribution in [3.63, 3.8) is 0 Å². The van der Waals surface area contributed by atoms with Gasteiger partial charge in [-0.15, -0.1) is 0 Å². The molecule has 2 nitrogen and oxygen atoms in total. The molecule has 0 bridgehead atoms. The van der Waals surface area contributed by atoms with Crippen molar-refractivity contribution >= 4 is 0 Å². The number of aliphatic hydroxyl groups is 1. The Morgan fingerprint density at radius 2 is 2.33 bits per heavy atom. The molecule has 0 heterocycles. The summed E-state index contributed by atoms with van der Waals surface area (Å²) in [5, 5.41) is 9.54. The molecule has 2 unspecified atom stereocenters. The molecule has 70 valence electrons. The molecule has 1 aliphatic carbocycles. The predicted molar refractivity (Wildman–Crippen MR) is 49.0 cm³/mol. The topological polar surface area (TPSA) is 29.5 Å². The standard InChI is InChI=1S/C10H18O2/c1-3-12-7-8(2)9-5-4-6-10(9)11/h9-11H,2-7H2,1H3. The van der Waals surface area contributed by atoms with Crippen LogP contribution in [0.25, 0.3) is 0 Å². The van der Waals surface area contributed by atoms with Crippen LogP contribution in [0.1, 0.15) is 26.2 Å². The lowest BCUT2D eigenvalue weighted by Gasteiger charge is -2.16. The third-order valence-corrected chi connectivity index (χ3v) is 2.50. The van der Waals surface area contributed by atoms with E-state index in [2.05, 4.69) is 6.58 Å². The van der Waals surface area contributed by atoms with Gasteiger partial charge >= 0.3 is 0 Å². The molecule has 12 heavy (non-hydrogen) atoms. The fraction of sp³-hybridized carbons (Fsp3) is 0.800. The zero-order valence-corrected chi connectivity index (χ0v) is 7.75. The van der Waals surface area contributed by atoms with Crippen molar-refractivity contribution in [3.05, 3.63) is 12.2 Å². The molecule has 1 N–H and O–H groups in total. The van der Waals surface area contributed by atoms with Gasteiger partial charge < -0.3 is 9.84 Å². The van der Waals surface area contributed by atoms with Gasteiger partial charge in [0.2, 0.25) is 0 Å². The van der Waals surface area contributed by atoms with Crippen molar-refractivity contribution < 1.29 is 9.84 Å². The third kappa shape index (κ3) is 2.32. The van der Waals surface area contributed by atoms with Gasteiger partial charge in [0.25, 0.3) is 0 Å². The Morgan fingerprint density at radius 1 is 1.58 bits per heavy atom. The summed E-state index contributed by atoms with van der Waals surface area (Å²) in [6, 6.07) is 0. The highest BCUT2D eigenvalue weighted by molar-refractivity contribution is 5.06. The van der Waals surface area contributed by atoms with Gasteiger partial charge in [0.1, 0.15) is 0 Å². The second-order valence-electron chi connectivity index (χ2n) is 3.40. The number of aliphatic hydroxyl groups excluding tert-OH is 1. The molecule has 0 aromatic rings. The molecule has 2 heteroatoms. The molecule has 1 rings (SSSR count). The van der Waals surface area contributed by atoms with Crippen molar-refractivity contribution in [1.82, 2.24) is 0 Å². The van der Waals surface area contributed by atoms with E-state index in [0.29, 0.717) is 6.61 Å². The number of hydrogen-bond donors (Lipinski definition) is 1. The Bertz CT molecular complexity index is 154. The number of ether oxygens (including phenoxy) is 1. The average Bonchev–Trinajstić information content (AvgIpc) is 2.47. The summed E-state index contributed by atoms with van der Waals surface area (Å²) in [6.45, 7) is 7.24. The van der Waals surface area contributed by atoms with Crippen molar-refractivity contribution in [1.29, 1.82) is 0 Å². The first-order valence-corrected chi connectivity index (χ1v) is 4.69. The predicted octanol–water partition coefficient (Wildman–Crippen LogP) is 1.74. The van der Waals surface area contributed by atoms with Crippen molar-refractivity contribution in [2.75, 3.05) is 13.2 Å². The van der Waals surface area contributed by atoms with Gasteiger partial charge in [0.05, 0.1) is 12.7 Å². The second-order valence-corrected chi connectivity index (χ2v) is 3.40. The maximum absolute atomic E-state index is 9.54. The lowest BCUT2D eigenvalue weighted by Crippen LogP contribution is -2.17. The summed E-state index contributed by atoms with van der Waals surface area (Å²) in [5.74, 6) is 0.288. The number of rotatable bonds is 4. The smallest absolute Gasteiger partial charge is 0.0677 e. The summed E-state index contributed by atoms with van der Waals surface area (Å²) < 4.78 is 5.25. The molecular weight excluding hydrogens is 152 g/mol. The monoisotopic (exact) mass is 170 g/mol. The minimum absolute atomic E-state index is 0.169. The van der Waals surface area contributed by atoms with Crippen LogP contribution < -0.4 is 0 Å². The Morgan fingerprint density at radius 3 is 2.83 bits per heavy atom. The van der Waals surface area contributed by atoms with Gasteiger partial charge in [-0.3, -0.25) is 0 Å². The maximum atomic E-state index is 9.54. The lowest BCUT2D eigenvalue weighted by molar-refractivity contribution is 0.123. The molecule has 2 atom stereocenters. The quantitative estimate of drug-likeness (QED) is 0.651. The summed E-state index contributed by atoms with van der Waals surface area (Å²) in [6.07, 6.45) is 2.96. The van der Waals surface area contributed by atoms with E-state index in [1.165, 1.54) is 0 Å². The third-order valence-electron chi connectivity index (χ3n) is 2.50. The highest BCUT2D eigenvalue weighted by atomic mass is 16.5. The molecule has 1 aliphatic rings. The first kappa shape index (κ1) is 9.75. The van der Waals surface area contributed by atoms with Crippen LogP contribution in [0.15, 0.2) is 12.2 Å². The molecule has 0 aromatic carbocycles. The normalized spacial score (nSPS) is 29.2. The minimum Gasteiger partial charge on any atom is -0.393 e. The van der Waals surface area contributed by atoms with Crippen LogP contribution in [-0.4, -0.2) is 24.4 Å². The summed E-state index contributed by atoms with van der Waals surface area (Å²) in [7, 11) is 0. The SMILES string of the molecule is C=C(COCC)C1CCCC1O. The average molecular weight is 170 g/mol. The van der Waals surface area contributed by atoms with Crippen LogP contribution in [0, 0.1) is 5.92 Å². The van der Waals surface area contributed by atoms with Gasteiger partial charge in [0.15, 0.2) is 0 Å². The fourth-order valence-corrected chi connectivity index (χ4v) is 1.76. The fourth-order valence-electron chi connectivity index (χ4n) is 1.76. The molecule has 0 radical (unpaired) electrons. The molecule has 0 amide bonds. The van der Waals surface area contributed by atoms with Gasteiger partial charge in [-0.25, -0.2) is 0 Å². The van der Waals surface area contributed by atoms with E-state index in [0.717, 1.165) is 31.4 Å². The van der Waals surface area contributed by atoms with E-state index in [1.54, 1.807) is 0 Å². The maximum Gasteiger partial charge on any atom is 0.0677 e. The van der Waals surface area contributed by atoms with Crippen LogP contribution in [0.4, 0.5) is 0 Å². The van der Waals surface area contributed by atoms with E-state index < -0.39 is 0 Å². The molecule has 1 saturated carbocycles. The highest BCUT2D eigenvalue weighted by Gasteiger charge is 2.26. The van der Waals surface area contributed by atoms with Crippen molar-refractivity contribution in [3.8, 4) is 0 Å². The lowest BCUT2D eigenvalue weighted by atomic mass is 9.98. The number of hydrogen-bond acceptors (Lipinski definition) is 2.